The summed E-state index contributed by atoms with van der Waals surface area (Å²) in [5, 5.41) is 9.16. The van der Waals surface area contributed by atoms with Crippen LogP contribution in [0, 0.1) is 5.92 Å². The molecule has 0 aromatic carbocycles. The number of aliphatic hydroxyl groups excluding tert-OH is 1. The van der Waals surface area contributed by atoms with Crippen molar-refractivity contribution in [1.82, 2.24) is 0 Å². The topological polar surface area (TPSA) is 46.5 Å². The van der Waals surface area contributed by atoms with Crippen molar-refractivity contribution >= 4 is 5.78 Å². The van der Waals surface area contributed by atoms with Crippen LogP contribution in [0.5, 0.6) is 0 Å². The van der Waals surface area contributed by atoms with E-state index in [1.54, 1.807) is 6.92 Å². The first kappa shape index (κ1) is 8.11. The Morgan fingerprint density at radius 3 is 2.73 bits per heavy atom. The molecule has 62 valence electrons. The van der Waals surface area contributed by atoms with Crippen LogP contribution in [0.2, 0.25) is 0 Å². The number of Topliss-reactive ketones (excluding diaryl/α,β-unsaturated/α-hetero) is 1. The van der Waals surface area contributed by atoms with Gasteiger partial charge in [-0.15, -0.1) is 0 Å². The highest BCUT2D eigenvalue weighted by Gasteiger charge is 2.30. The summed E-state index contributed by atoms with van der Waals surface area (Å²) in [6.07, 6.45) is 0.540. The van der Waals surface area contributed by atoms with E-state index in [0.717, 1.165) is 0 Å². The fourth-order valence-electron chi connectivity index (χ4n) is 1.14. The molecule has 0 aromatic heterocycles. The van der Waals surface area contributed by atoms with Gasteiger partial charge < -0.3 is 9.84 Å². The summed E-state index contributed by atoms with van der Waals surface area (Å²) in [7, 11) is 0. The molecule has 1 N–H and O–H groups in total. The Bertz CT molecular complexity index is 205. The number of aliphatic hydroxyl groups is 1. The Morgan fingerprint density at radius 1 is 1.73 bits per heavy atom. The molecule has 1 atom stereocenters. The molecule has 0 aromatic rings. The smallest absolute Gasteiger partial charge is 0.203 e. The van der Waals surface area contributed by atoms with E-state index < -0.39 is 0 Å². The van der Waals surface area contributed by atoms with Gasteiger partial charge in [0.05, 0.1) is 6.61 Å². The van der Waals surface area contributed by atoms with Crippen LogP contribution in [0.3, 0.4) is 0 Å². The fourth-order valence-corrected chi connectivity index (χ4v) is 1.14. The molecule has 0 spiro atoms. The van der Waals surface area contributed by atoms with Crippen LogP contribution >= 0.6 is 0 Å². The van der Waals surface area contributed by atoms with Crippen LogP contribution in [-0.2, 0) is 9.53 Å². The van der Waals surface area contributed by atoms with E-state index >= 15 is 0 Å². The number of ketones is 1. The molecular formula is C8H12O3. The van der Waals surface area contributed by atoms with Gasteiger partial charge in [-0.25, -0.2) is 0 Å². The van der Waals surface area contributed by atoms with Crippen LogP contribution in [-0.4, -0.2) is 17.5 Å². The van der Waals surface area contributed by atoms with E-state index in [2.05, 4.69) is 0 Å². The number of carbonyl (C=O) groups is 1. The first-order valence-corrected chi connectivity index (χ1v) is 3.76. The molecule has 1 aliphatic carbocycles. The van der Waals surface area contributed by atoms with Crippen molar-refractivity contribution < 1.29 is 14.6 Å². The summed E-state index contributed by atoms with van der Waals surface area (Å²) in [6.45, 7) is 4.11. The maximum Gasteiger partial charge on any atom is 0.203 e. The van der Waals surface area contributed by atoms with Gasteiger partial charge in [0.1, 0.15) is 5.76 Å². The lowest BCUT2D eigenvalue weighted by Crippen LogP contribution is -2.04. The largest absolute Gasteiger partial charge is 0.502 e. The van der Waals surface area contributed by atoms with Gasteiger partial charge in [-0.3, -0.25) is 4.79 Å². The molecule has 0 aliphatic heterocycles. The molecule has 1 unspecified atom stereocenters. The Labute approximate surface area is 65.7 Å². The molecule has 0 saturated heterocycles. The molecule has 3 heteroatoms. The zero-order valence-electron chi connectivity index (χ0n) is 6.76. The van der Waals surface area contributed by atoms with E-state index in [1.807, 2.05) is 6.92 Å². The quantitative estimate of drug-likeness (QED) is 0.657. The van der Waals surface area contributed by atoms with Crippen molar-refractivity contribution in [2.75, 3.05) is 6.61 Å². The molecule has 0 saturated carbocycles. The number of hydrogen-bond acceptors (Lipinski definition) is 3. The lowest BCUT2D eigenvalue weighted by atomic mass is 10.1. The second kappa shape index (κ2) is 2.95. The van der Waals surface area contributed by atoms with Crippen molar-refractivity contribution in [3.05, 3.63) is 11.5 Å². The highest BCUT2D eigenvalue weighted by molar-refractivity contribution is 5.97. The fraction of sp³-hybridized carbons (Fsp3) is 0.625. The number of hydrogen-bond donors (Lipinski definition) is 1. The van der Waals surface area contributed by atoms with E-state index in [9.17, 15) is 4.79 Å². The average Bonchev–Trinajstić information content (AvgIpc) is 2.19. The zero-order valence-corrected chi connectivity index (χ0v) is 6.76. The van der Waals surface area contributed by atoms with E-state index in [1.165, 1.54) is 0 Å². The summed E-state index contributed by atoms with van der Waals surface area (Å²) < 4.78 is 5.06. The molecule has 0 fully saturated rings. The molecule has 11 heavy (non-hydrogen) atoms. The SMILES string of the molecule is CCOC1=C(O)C(=O)C(C)C1. The second-order valence-corrected chi connectivity index (χ2v) is 2.67. The Kier molecular flexibility index (Phi) is 2.17. The Hall–Kier alpha value is -0.990. The number of ether oxygens (including phenoxy) is 1. The van der Waals surface area contributed by atoms with Crippen molar-refractivity contribution in [1.29, 1.82) is 0 Å². The molecule has 0 bridgehead atoms. The van der Waals surface area contributed by atoms with Gasteiger partial charge in [0.25, 0.3) is 0 Å². The van der Waals surface area contributed by atoms with Crippen molar-refractivity contribution in [2.24, 2.45) is 5.92 Å². The molecule has 0 heterocycles. The highest BCUT2D eigenvalue weighted by atomic mass is 16.5. The Balaban J connectivity index is 2.72. The van der Waals surface area contributed by atoms with Crippen LogP contribution in [0.4, 0.5) is 0 Å². The van der Waals surface area contributed by atoms with Crippen molar-refractivity contribution in [2.45, 2.75) is 20.3 Å². The number of rotatable bonds is 2. The Morgan fingerprint density at radius 2 is 2.36 bits per heavy atom. The van der Waals surface area contributed by atoms with E-state index in [4.69, 9.17) is 9.84 Å². The van der Waals surface area contributed by atoms with Crippen LogP contribution in [0.15, 0.2) is 11.5 Å². The molecule has 1 aliphatic rings. The molecular weight excluding hydrogens is 144 g/mol. The van der Waals surface area contributed by atoms with Gasteiger partial charge in [0, 0.05) is 12.3 Å². The van der Waals surface area contributed by atoms with Crippen LogP contribution < -0.4 is 0 Å². The summed E-state index contributed by atoms with van der Waals surface area (Å²) in [5.74, 6) is -0.0469. The predicted octanol–water partition coefficient (Wildman–Crippen LogP) is 1.40. The van der Waals surface area contributed by atoms with Gasteiger partial charge >= 0.3 is 0 Å². The number of allylic oxidation sites excluding steroid dienone is 2. The first-order valence-electron chi connectivity index (χ1n) is 3.76. The maximum atomic E-state index is 11.0. The summed E-state index contributed by atoms with van der Waals surface area (Å²) in [5.41, 5.74) is 0. The van der Waals surface area contributed by atoms with Gasteiger partial charge in [-0.2, -0.15) is 0 Å². The van der Waals surface area contributed by atoms with E-state index in [0.29, 0.717) is 18.8 Å². The predicted molar refractivity (Wildman–Crippen MR) is 40.1 cm³/mol. The van der Waals surface area contributed by atoms with E-state index in [-0.39, 0.29) is 17.5 Å². The average molecular weight is 156 g/mol. The van der Waals surface area contributed by atoms with Crippen molar-refractivity contribution in [3.63, 3.8) is 0 Å². The summed E-state index contributed by atoms with van der Waals surface area (Å²) in [4.78, 5) is 11.0. The third-order valence-electron chi connectivity index (χ3n) is 1.76. The molecule has 0 amide bonds. The van der Waals surface area contributed by atoms with Gasteiger partial charge in [0.2, 0.25) is 5.78 Å². The monoisotopic (exact) mass is 156 g/mol. The molecule has 3 nitrogen and oxygen atoms in total. The van der Waals surface area contributed by atoms with Gasteiger partial charge in [0.15, 0.2) is 5.76 Å². The van der Waals surface area contributed by atoms with Gasteiger partial charge in [-0.1, -0.05) is 6.92 Å². The minimum atomic E-state index is -0.201. The third kappa shape index (κ3) is 1.37. The van der Waals surface area contributed by atoms with Crippen LogP contribution in [0.25, 0.3) is 0 Å². The summed E-state index contributed by atoms with van der Waals surface area (Å²) >= 11 is 0. The van der Waals surface area contributed by atoms with Gasteiger partial charge in [-0.05, 0) is 6.92 Å². The van der Waals surface area contributed by atoms with Crippen molar-refractivity contribution in [3.8, 4) is 0 Å². The minimum Gasteiger partial charge on any atom is -0.502 e. The molecule has 0 radical (unpaired) electrons. The second-order valence-electron chi connectivity index (χ2n) is 2.67. The lowest BCUT2D eigenvalue weighted by Gasteiger charge is -2.02. The zero-order chi connectivity index (χ0) is 8.43. The summed E-state index contributed by atoms with van der Waals surface area (Å²) in [6, 6.07) is 0. The first-order chi connectivity index (χ1) is 5.16. The third-order valence-corrected chi connectivity index (χ3v) is 1.76. The minimum absolute atomic E-state index is 0.114. The van der Waals surface area contributed by atoms with Crippen LogP contribution in [0.1, 0.15) is 20.3 Å². The highest BCUT2D eigenvalue weighted by Crippen LogP contribution is 2.26. The standard InChI is InChI=1S/C8H12O3/c1-3-11-6-4-5(2)7(9)8(6)10/h5,10H,3-4H2,1-2H3. The number of carbonyl (C=O) groups excluding carboxylic acids is 1. The maximum absolute atomic E-state index is 11.0. The normalized spacial score (nSPS) is 24.5. The lowest BCUT2D eigenvalue weighted by molar-refractivity contribution is -0.120. The molecule has 1 rings (SSSR count).